The molecule has 0 unspecified atom stereocenters. The number of methoxy groups -OCH3 is 1. The van der Waals surface area contributed by atoms with Crippen LogP contribution in [0.25, 0.3) is 0 Å². The van der Waals surface area contributed by atoms with Crippen LogP contribution in [-0.4, -0.2) is 94.8 Å². The lowest BCUT2D eigenvalue weighted by Gasteiger charge is -2.51. The maximum Gasteiger partial charge on any atom is 0.349 e. The number of carbonyl (C=O) groups excluding carboxylic acids is 6. The van der Waals surface area contributed by atoms with Crippen LogP contribution in [0.3, 0.4) is 0 Å². The summed E-state index contributed by atoms with van der Waals surface area (Å²) in [5, 5.41) is 11.1. The van der Waals surface area contributed by atoms with Crippen LogP contribution in [0.5, 0.6) is 0 Å². The molecule has 5 aromatic carbocycles. The van der Waals surface area contributed by atoms with E-state index in [4.69, 9.17) is 23.7 Å². The Morgan fingerprint density at radius 3 is 1.66 bits per heavy atom. The molecule has 1 aliphatic rings. The van der Waals surface area contributed by atoms with Crippen molar-refractivity contribution in [3.05, 3.63) is 173 Å². The van der Waals surface area contributed by atoms with E-state index in [0.29, 0.717) is 4.90 Å². The van der Waals surface area contributed by atoms with Crippen molar-refractivity contribution in [1.29, 1.82) is 0 Å². The number of rotatable bonds is 14. The van der Waals surface area contributed by atoms with Gasteiger partial charge in [0, 0.05) is 23.8 Å². The summed E-state index contributed by atoms with van der Waals surface area (Å²) in [5.74, 6) is -5.49. The molecule has 0 aliphatic carbocycles. The average molecular weight is 846 g/mol. The first-order valence-electron chi connectivity index (χ1n) is 19.2. The van der Waals surface area contributed by atoms with Crippen molar-refractivity contribution in [3.8, 4) is 0 Å². The number of benzene rings is 5. The summed E-state index contributed by atoms with van der Waals surface area (Å²) >= 11 is 0.886. The van der Waals surface area contributed by atoms with Crippen molar-refractivity contribution in [1.82, 2.24) is 4.90 Å². The first-order valence-corrected chi connectivity index (χ1v) is 20.1. The fraction of sp³-hybridized carbons (Fsp3) is 0.234. The van der Waals surface area contributed by atoms with Crippen LogP contribution in [0.15, 0.2) is 150 Å². The Kier molecular flexibility index (Phi) is 14.5. The Morgan fingerprint density at radius 1 is 0.705 bits per heavy atom. The van der Waals surface area contributed by atoms with Gasteiger partial charge in [0.15, 0.2) is 12.2 Å². The van der Waals surface area contributed by atoms with Crippen molar-refractivity contribution >= 4 is 47.5 Å². The zero-order chi connectivity index (χ0) is 43.5. The number of imide groups is 1. The van der Waals surface area contributed by atoms with E-state index < -0.39 is 84.1 Å². The number of aliphatic hydroxyl groups excluding tert-OH is 1. The van der Waals surface area contributed by atoms with Crippen LogP contribution in [0.2, 0.25) is 0 Å². The highest BCUT2D eigenvalue weighted by molar-refractivity contribution is 8.01. The monoisotopic (exact) mass is 845 g/mol. The molecule has 0 saturated carbocycles. The van der Waals surface area contributed by atoms with Crippen molar-refractivity contribution in [2.45, 2.75) is 60.6 Å². The van der Waals surface area contributed by atoms with Gasteiger partial charge in [-0.2, -0.15) is 0 Å². The van der Waals surface area contributed by atoms with Gasteiger partial charge in [-0.05, 0) is 67.6 Å². The number of ether oxygens (including phenoxy) is 5. The van der Waals surface area contributed by atoms with Gasteiger partial charge in [-0.15, -0.1) is 0 Å². The second-order valence-electron chi connectivity index (χ2n) is 14.0. The number of aryl methyl sites for hydroxylation is 1. The Bertz CT molecular complexity index is 2310. The lowest BCUT2D eigenvalue weighted by atomic mass is 9.87. The van der Waals surface area contributed by atoms with Gasteiger partial charge in [0.05, 0.1) is 30.4 Å². The molecule has 1 aliphatic heterocycles. The summed E-state index contributed by atoms with van der Waals surface area (Å²) in [6.45, 7) is 2.00. The van der Waals surface area contributed by atoms with Crippen molar-refractivity contribution in [3.63, 3.8) is 0 Å². The fourth-order valence-corrected chi connectivity index (χ4v) is 8.13. The standard InChI is InChI=1S/C47H43NO12S/c1-30-24-26-36(27-25-30)61-47(46(55)56-3)28-37(57-43(52)33-18-10-5-11-19-33)39(48(31(2)50)42(51)32-16-8-4-9-17-32)41(60-47)40(59-45(54)35-22-14-7-15-23-35)38(29-49)58-44(53)34-20-12-6-13-21-34/h4-27,37-41,49H,28-29H2,1-3H3/t37-,38+,39+,40+,41+,47-/m0/s1. The molecule has 6 atom stereocenters. The van der Waals surface area contributed by atoms with Crippen molar-refractivity contribution in [2.24, 2.45) is 0 Å². The van der Waals surface area contributed by atoms with E-state index in [2.05, 4.69) is 0 Å². The Hall–Kier alpha value is -6.61. The van der Waals surface area contributed by atoms with Crippen LogP contribution >= 0.6 is 11.8 Å². The molecule has 314 valence electrons. The lowest BCUT2D eigenvalue weighted by Crippen LogP contribution is -2.69. The van der Waals surface area contributed by atoms with E-state index in [9.17, 15) is 33.9 Å². The summed E-state index contributed by atoms with van der Waals surface area (Å²) in [6.07, 6.45) is -7.71. The Balaban J connectivity index is 1.60. The number of aliphatic hydroxyl groups is 1. The minimum Gasteiger partial charge on any atom is -0.466 e. The largest absolute Gasteiger partial charge is 0.466 e. The summed E-state index contributed by atoms with van der Waals surface area (Å²) in [7, 11) is 1.13. The minimum absolute atomic E-state index is 0.0371. The molecule has 0 radical (unpaired) electrons. The van der Waals surface area contributed by atoms with E-state index in [1.807, 2.05) is 6.92 Å². The maximum atomic E-state index is 14.6. The first-order chi connectivity index (χ1) is 29.4. The molecule has 1 heterocycles. The molecule has 0 bridgehead atoms. The second-order valence-corrected chi connectivity index (χ2v) is 15.4. The number of nitrogens with zero attached hydrogens (tertiary/aromatic N) is 1. The highest BCUT2D eigenvalue weighted by Crippen LogP contribution is 2.47. The van der Waals surface area contributed by atoms with Crippen LogP contribution in [0, 0.1) is 6.92 Å². The van der Waals surface area contributed by atoms with Gasteiger partial charge in [-0.3, -0.25) is 14.5 Å². The maximum absolute atomic E-state index is 14.6. The van der Waals surface area contributed by atoms with Gasteiger partial charge < -0.3 is 28.8 Å². The number of esters is 4. The summed E-state index contributed by atoms with van der Waals surface area (Å²) in [4.78, 5) is 84.1. The third kappa shape index (κ3) is 10.4. The predicted molar refractivity (Wildman–Crippen MR) is 222 cm³/mol. The van der Waals surface area contributed by atoms with E-state index >= 15 is 0 Å². The molecule has 6 rings (SSSR count). The lowest BCUT2D eigenvalue weighted by molar-refractivity contribution is -0.216. The predicted octanol–water partition coefficient (Wildman–Crippen LogP) is 6.47. The third-order valence-corrected chi connectivity index (χ3v) is 11.1. The molecule has 5 aromatic rings. The topological polar surface area (TPSA) is 172 Å². The van der Waals surface area contributed by atoms with Crippen molar-refractivity contribution < 1.29 is 57.6 Å². The number of amides is 2. The smallest absolute Gasteiger partial charge is 0.349 e. The van der Waals surface area contributed by atoms with E-state index in [1.165, 1.54) is 48.5 Å². The van der Waals surface area contributed by atoms with Crippen LogP contribution in [-0.2, 0) is 33.3 Å². The molecule has 1 saturated heterocycles. The molecule has 2 amide bonds. The van der Waals surface area contributed by atoms with Gasteiger partial charge in [-0.25, -0.2) is 19.2 Å². The second kappa shape index (κ2) is 20.1. The van der Waals surface area contributed by atoms with Crippen LogP contribution < -0.4 is 0 Å². The zero-order valence-electron chi connectivity index (χ0n) is 33.5. The summed E-state index contributed by atoms with van der Waals surface area (Å²) in [5.41, 5.74) is 1.17. The Labute approximate surface area is 356 Å². The molecular weight excluding hydrogens is 803 g/mol. The van der Waals surface area contributed by atoms with Crippen LogP contribution in [0.4, 0.5) is 0 Å². The molecule has 61 heavy (non-hydrogen) atoms. The van der Waals surface area contributed by atoms with Crippen LogP contribution in [0.1, 0.15) is 60.3 Å². The van der Waals surface area contributed by atoms with Crippen molar-refractivity contribution in [2.75, 3.05) is 13.7 Å². The van der Waals surface area contributed by atoms with E-state index in [0.717, 1.165) is 36.3 Å². The quantitative estimate of drug-likeness (QED) is 0.0953. The summed E-state index contributed by atoms with van der Waals surface area (Å²) < 4.78 is 30.5. The molecule has 13 nitrogen and oxygen atoms in total. The minimum atomic E-state index is -2.16. The zero-order valence-corrected chi connectivity index (χ0v) is 34.3. The molecule has 1 fully saturated rings. The van der Waals surface area contributed by atoms with Gasteiger partial charge in [0.1, 0.15) is 18.2 Å². The first kappa shape index (κ1) is 44.0. The molecule has 0 spiro atoms. The number of carbonyl (C=O) groups is 6. The van der Waals surface area contributed by atoms with E-state index in [-0.39, 0.29) is 22.3 Å². The molecular formula is C47H43NO12S. The van der Waals surface area contributed by atoms with Gasteiger partial charge >= 0.3 is 23.9 Å². The summed E-state index contributed by atoms with van der Waals surface area (Å²) in [6, 6.07) is 36.6. The van der Waals surface area contributed by atoms with E-state index in [1.54, 1.807) is 97.1 Å². The highest BCUT2D eigenvalue weighted by atomic mass is 32.2. The van der Waals surface area contributed by atoms with Gasteiger partial charge in [-0.1, -0.05) is 102 Å². The molecule has 14 heteroatoms. The number of thioether (sulfide) groups is 1. The third-order valence-electron chi connectivity index (χ3n) is 9.85. The SMILES string of the molecule is COC(=O)[C@@]1(Sc2ccc(C)cc2)C[C@H](OC(=O)c2ccccc2)[C@@H](N(C(C)=O)C(=O)c2ccccc2)[C@H]([C@H](OC(=O)c2ccccc2)[C@@H](CO)OC(=O)c2ccccc2)O1. The molecule has 0 aromatic heterocycles. The normalized spacial score (nSPS) is 19.3. The highest BCUT2D eigenvalue weighted by Gasteiger charge is 2.61. The van der Waals surface area contributed by atoms with Gasteiger partial charge in [0.25, 0.3) is 5.91 Å². The number of hydrogen-bond acceptors (Lipinski definition) is 13. The molecule has 1 N–H and O–H groups in total. The Morgan fingerprint density at radius 2 is 1.18 bits per heavy atom. The van der Waals surface area contributed by atoms with Gasteiger partial charge in [0.2, 0.25) is 10.8 Å². The average Bonchev–Trinajstić information content (AvgIpc) is 3.29. The number of hydrogen-bond donors (Lipinski definition) is 1. The fourth-order valence-electron chi connectivity index (χ4n) is 6.91.